The molecule has 0 spiro atoms. The van der Waals surface area contributed by atoms with Crippen molar-refractivity contribution in [2.75, 3.05) is 11.1 Å². The van der Waals surface area contributed by atoms with E-state index in [4.69, 9.17) is 10.5 Å². The van der Waals surface area contributed by atoms with Crippen LogP contribution in [0.1, 0.15) is 11.1 Å². The normalized spacial score (nSPS) is 10.8. The summed E-state index contributed by atoms with van der Waals surface area (Å²) in [5.74, 6) is 1.34. The van der Waals surface area contributed by atoms with Gasteiger partial charge in [-0.3, -0.25) is 4.98 Å². The van der Waals surface area contributed by atoms with Gasteiger partial charge in [0, 0.05) is 21.7 Å². The van der Waals surface area contributed by atoms with Crippen LogP contribution in [0, 0.1) is 13.8 Å². The molecule has 3 N–H and O–H groups in total. The molecule has 0 aliphatic carbocycles. The SMILES string of the molecule is Cc1cc(C)cc(Nc2ncnc(Oc3ccc(Br)c4cccnc34)c2N)c1. The van der Waals surface area contributed by atoms with Crippen molar-refractivity contribution in [2.24, 2.45) is 0 Å². The molecule has 0 radical (unpaired) electrons. The topological polar surface area (TPSA) is 86.0 Å². The molecule has 0 saturated heterocycles. The first-order valence-corrected chi connectivity index (χ1v) is 9.47. The number of rotatable bonds is 4. The van der Waals surface area contributed by atoms with E-state index in [1.165, 1.54) is 6.33 Å². The van der Waals surface area contributed by atoms with Gasteiger partial charge in [-0.25, -0.2) is 4.98 Å². The Kier molecular flexibility index (Phi) is 4.83. The number of nitrogens with one attached hydrogen (secondary N) is 1. The fourth-order valence-electron chi connectivity index (χ4n) is 3.04. The Hall–Kier alpha value is -3.19. The number of ether oxygens (including phenoxy) is 1. The van der Waals surface area contributed by atoms with Gasteiger partial charge in [-0.15, -0.1) is 0 Å². The maximum Gasteiger partial charge on any atom is 0.248 e. The van der Waals surface area contributed by atoms with Gasteiger partial charge >= 0.3 is 0 Å². The summed E-state index contributed by atoms with van der Waals surface area (Å²) >= 11 is 3.54. The molecule has 2 aromatic heterocycles. The second kappa shape index (κ2) is 7.44. The highest BCUT2D eigenvalue weighted by molar-refractivity contribution is 9.10. The Morgan fingerprint density at radius 2 is 1.79 bits per heavy atom. The maximum absolute atomic E-state index is 6.29. The fraction of sp³-hybridized carbons (Fsp3) is 0.0952. The van der Waals surface area contributed by atoms with Crippen LogP contribution in [-0.2, 0) is 0 Å². The first kappa shape index (κ1) is 18.2. The lowest BCUT2D eigenvalue weighted by Crippen LogP contribution is -2.03. The summed E-state index contributed by atoms with van der Waals surface area (Å²) in [7, 11) is 0. The smallest absolute Gasteiger partial charge is 0.248 e. The summed E-state index contributed by atoms with van der Waals surface area (Å²) in [4.78, 5) is 12.9. The van der Waals surface area contributed by atoms with Gasteiger partial charge < -0.3 is 15.8 Å². The molecule has 6 nitrogen and oxygen atoms in total. The van der Waals surface area contributed by atoms with Crippen LogP contribution in [0.2, 0.25) is 0 Å². The van der Waals surface area contributed by atoms with Crippen molar-refractivity contribution < 1.29 is 4.74 Å². The molecule has 0 amide bonds. The number of benzene rings is 2. The molecule has 0 saturated carbocycles. The monoisotopic (exact) mass is 435 g/mol. The van der Waals surface area contributed by atoms with Crippen molar-refractivity contribution in [3.05, 3.63) is 70.6 Å². The number of nitrogens with zero attached hydrogens (tertiary/aromatic N) is 3. The average Bonchev–Trinajstić information content (AvgIpc) is 2.66. The molecule has 140 valence electrons. The molecule has 2 heterocycles. The molecule has 0 aliphatic heterocycles. The number of halogens is 1. The minimum atomic E-state index is 0.274. The van der Waals surface area contributed by atoms with Crippen LogP contribution in [0.5, 0.6) is 11.6 Å². The maximum atomic E-state index is 6.29. The van der Waals surface area contributed by atoms with E-state index in [2.05, 4.69) is 42.3 Å². The van der Waals surface area contributed by atoms with Crippen LogP contribution in [-0.4, -0.2) is 15.0 Å². The van der Waals surface area contributed by atoms with E-state index >= 15 is 0 Å². The van der Waals surface area contributed by atoms with E-state index in [1.54, 1.807) is 6.20 Å². The lowest BCUT2D eigenvalue weighted by Gasteiger charge is -2.13. The number of pyridine rings is 1. The number of nitrogens with two attached hydrogens (primary N) is 1. The Bertz CT molecular complexity index is 1160. The summed E-state index contributed by atoms with van der Waals surface area (Å²) in [6, 6.07) is 13.7. The predicted octanol–water partition coefficient (Wildman–Crippen LogP) is 5.52. The van der Waals surface area contributed by atoms with Gasteiger partial charge in [0.15, 0.2) is 11.6 Å². The molecular weight excluding hydrogens is 418 g/mol. The lowest BCUT2D eigenvalue weighted by molar-refractivity contribution is 0.469. The van der Waals surface area contributed by atoms with Crippen LogP contribution >= 0.6 is 15.9 Å². The third-order valence-electron chi connectivity index (χ3n) is 4.22. The van der Waals surface area contributed by atoms with Crippen LogP contribution in [0.25, 0.3) is 10.9 Å². The van der Waals surface area contributed by atoms with Crippen molar-refractivity contribution in [3.8, 4) is 11.6 Å². The summed E-state index contributed by atoms with van der Waals surface area (Å²) in [6.07, 6.45) is 3.14. The van der Waals surface area contributed by atoms with Crippen LogP contribution in [0.15, 0.2) is 59.5 Å². The van der Waals surface area contributed by atoms with Crippen LogP contribution in [0.3, 0.4) is 0 Å². The predicted molar refractivity (Wildman–Crippen MR) is 115 cm³/mol. The summed E-state index contributed by atoms with van der Waals surface area (Å²) in [5.41, 5.74) is 10.5. The molecule has 0 atom stereocenters. The van der Waals surface area contributed by atoms with Gasteiger partial charge in [-0.2, -0.15) is 4.98 Å². The Morgan fingerprint density at radius 3 is 2.57 bits per heavy atom. The van der Waals surface area contributed by atoms with Crippen LogP contribution in [0.4, 0.5) is 17.2 Å². The Labute approximate surface area is 170 Å². The van der Waals surface area contributed by atoms with Gasteiger partial charge in [0.05, 0.1) is 0 Å². The molecule has 0 aliphatic rings. The highest BCUT2D eigenvalue weighted by Gasteiger charge is 2.14. The second-order valence-electron chi connectivity index (χ2n) is 6.49. The highest BCUT2D eigenvalue weighted by Crippen LogP contribution is 2.36. The third kappa shape index (κ3) is 3.61. The van der Waals surface area contributed by atoms with Crippen molar-refractivity contribution >= 4 is 44.0 Å². The number of anilines is 3. The van der Waals surface area contributed by atoms with E-state index in [9.17, 15) is 0 Å². The van der Waals surface area contributed by atoms with Gasteiger partial charge in [0.25, 0.3) is 0 Å². The number of fused-ring (bicyclic) bond motifs is 1. The largest absolute Gasteiger partial charge is 0.435 e. The second-order valence-corrected chi connectivity index (χ2v) is 7.34. The highest BCUT2D eigenvalue weighted by atomic mass is 79.9. The first-order chi connectivity index (χ1) is 13.5. The zero-order valence-electron chi connectivity index (χ0n) is 15.4. The quantitative estimate of drug-likeness (QED) is 0.438. The van der Waals surface area contributed by atoms with Gasteiger partial charge in [-0.05, 0) is 55.3 Å². The van der Waals surface area contributed by atoms with E-state index < -0.39 is 0 Å². The summed E-state index contributed by atoms with van der Waals surface area (Å²) < 4.78 is 6.94. The fourth-order valence-corrected chi connectivity index (χ4v) is 3.49. The zero-order valence-corrected chi connectivity index (χ0v) is 17.0. The number of aryl methyl sites for hydroxylation is 2. The molecule has 4 rings (SSSR count). The molecule has 0 bridgehead atoms. The Morgan fingerprint density at radius 1 is 1.00 bits per heavy atom. The standard InChI is InChI=1S/C21H18BrN5O/c1-12-8-13(2)10-14(9-12)27-20-18(23)21(26-11-25-20)28-17-6-5-16(22)15-4-3-7-24-19(15)17/h3-11H,23H2,1-2H3,(H,25,26,27). The molecule has 4 aromatic rings. The van der Waals surface area contributed by atoms with E-state index in [0.717, 1.165) is 32.2 Å². The number of hydrogen-bond acceptors (Lipinski definition) is 6. The molecule has 0 unspecified atom stereocenters. The van der Waals surface area contributed by atoms with Gasteiger partial charge in [0.2, 0.25) is 5.88 Å². The van der Waals surface area contributed by atoms with Crippen molar-refractivity contribution in [1.82, 2.24) is 15.0 Å². The zero-order chi connectivity index (χ0) is 19.7. The number of hydrogen-bond donors (Lipinski definition) is 2. The molecule has 0 fully saturated rings. The summed E-state index contributed by atoms with van der Waals surface area (Å²) in [6.45, 7) is 4.09. The number of aromatic nitrogens is 3. The average molecular weight is 436 g/mol. The van der Waals surface area contributed by atoms with Crippen molar-refractivity contribution in [3.63, 3.8) is 0 Å². The van der Waals surface area contributed by atoms with Gasteiger partial charge in [-0.1, -0.05) is 28.1 Å². The number of nitrogen functional groups attached to an aromatic ring is 1. The molecule has 28 heavy (non-hydrogen) atoms. The minimum Gasteiger partial charge on any atom is -0.435 e. The molecule has 2 aromatic carbocycles. The summed E-state index contributed by atoms with van der Waals surface area (Å²) in [5, 5.41) is 4.19. The Balaban J connectivity index is 1.69. The van der Waals surface area contributed by atoms with E-state index in [0.29, 0.717) is 17.3 Å². The van der Waals surface area contributed by atoms with Crippen molar-refractivity contribution in [1.29, 1.82) is 0 Å². The van der Waals surface area contributed by atoms with Crippen molar-refractivity contribution in [2.45, 2.75) is 13.8 Å². The minimum absolute atomic E-state index is 0.274. The molecule has 7 heteroatoms. The van der Waals surface area contributed by atoms with Gasteiger partial charge in [0.1, 0.15) is 17.5 Å². The lowest BCUT2D eigenvalue weighted by atomic mass is 10.1. The van der Waals surface area contributed by atoms with E-state index in [-0.39, 0.29) is 5.88 Å². The first-order valence-electron chi connectivity index (χ1n) is 8.68. The van der Waals surface area contributed by atoms with E-state index in [1.807, 2.05) is 50.2 Å². The third-order valence-corrected chi connectivity index (χ3v) is 4.91. The van der Waals surface area contributed by atoms with Crippen LogP contribution < -0.4 is 15.8 Å². The molecular formula is C21H18BrN5O.